The molecule has 220 valence electrons. The minimum Gasteiger partial charge on any atom is -0.444 e. The van der Waals surface area contributed by atoms with Crippen molar-refractivity contribution in [2.75, 3.05) is 24.6 Å². The maximum atomic E-state index is 13.7. The fourth-order valence-corrected chi connectivity index (χ4v) is 6.48. The quantitative estimate of drug-likeness (QED) is 0.337. The molecule has 0 aliphatic carbocycles. The Labute approximate surface area is 248 Å². The van der Waals surface area contributed by atoms with Gasteiger partial charge in [0, 0.05) is 29.6 Å². The van der Waals surface area contributed by atoms with E-state index in [1.54, 1.807) is 61.9 Å². The Kier molecular flexibility index (Phi) is 8.00. The average Bonchev–Trinajstić information content (AvgIpc) is 3.20. The van der Waals surface area contributed by atoms with Crippen molar-refractivity contribution in [3.05, 3.63) is 83.1 Å². The molecule has 9 nitrogen and oxygen atoms in total. The molecule has 1 saturated heterocycles. The second-order valence-corrected chi connectivity index (χ2v) is 13.8. The number of hydrogen-bond acceptors (Lipinski definition) is 6. The highest BCUT2D eigenvalue weighted by molar-refractivity contribution is 7.91. The van der Waals surface area contributed by atoms with Crippen molar-refractivity contribution in [1.82, 2.24) is 20.0 Å². The molecule has 5 rings (SSSR count). The van der Waals surface area contributed by atoms with Crippen molar-refractivity contribution in [2.24, 2.45) is 0 Å². The predicted molar refractivity (Wildman–Crippen MR) is 159 cm³/mol. The topological polar surface area (TPSA) is 111 Å². The molecule has 1 fully saturated rings. The van der Waals surface area contributed by atoms with Gasteiger partial charge in [-0.2, -0.15) is 5.10 Å². The molecule has 1 atom stereocenters. The van der Waals surface area contributed by atoms with Gasteiger partial charge in [0.15, 0.2) is 9.84 Å². The highest BCUT2D eigenvalue weighted by atomic mass is 35.5. The first-order valence-electron chi connectivity index (χ1n) is 13.3. The number of amides is 2. The van der Waals surface area contributed by atoms with Crippen LogP contribution in [0, 0.1) is 5.82 Å². The number of carbonyl (C=O) groups excluding carboxylic acids is 2. The van der Waals surface area contributed by atoms with Gasteiger partial charge in [-0.15, -0.1) is 0 Å². The van der Waals surface area contributed by atoms with Gasteiger partial charge < -0.3 is 15.0 Å². The lowest BCUT2D eigenvalue weighted by molar-refractivity contribution is 0.0250. The summed E-state index contributed by atoms with van der Waals surface area (Å²) >= 11 is 6.48. The van der Waals surface area contributed by atoms with Crippen LogP contribution in [-0.2, 0) is 14.6 Å². The number of nitrogens with zero attached hydrogens (tertiary/aromatic N) is 3. The van der Waals surface area contributed by atoms with Crippen molar-refractivity contribution in [3.63, 3.8) is 0 Å². The van der Waals surface area contributed by atoms with E-state index in [9.17, 15) is 22.4 Å². The molecule has 3 aromatic carbocycles. The maximum Gasteiger partial charge on any atom is 0.410 e. The molecular weight excluding hydrogens is 583 g/mol. The average molecular weight is 613 g/mol. The lowest BCUT2D eigenvalue weighted by Crippen LogP contribution is -2.47. The van der Waals surface area contributed by atoms with Crippen LogP contribution in [0.5, 0.6) is 0 Å². The van der Waals surface area contributed by atoms with E-state index < -0.39 is 39.3 Å². The minimum atomic E-state index is -3.54. The summed E-state index contributed by atoms with van der Waals surface area (Å²) in [4.78, 5) is 27.5. The van der Waals surface area contributed by atoms with Crippen LogP contribution >= 0.6 is 11.6 Å². The Bertz CT molecular complexity index is 1770. The van der Waals surface area contributed by atoms with E-state index in [-0.39, 0.29) is 30.2 Å². The summed E-state index contributed by atoms with van der Waals surface area (Å²) in [5, 5.41) is 8.76. The number of hydrogen-bond donors (Lipinski definition) is 1. The molecule has 2 heterocycles. The summed E-state index contributed by atoms with van der Waals surface area (Å²) < 4.78 is 46.0. The van der Waals surface area contributed by atoms with E-state index in [2.05, 4.69) is 5.32 Å². The number of halogens is 2. The Morgan fingerprint density at radius 1 is 1.07 bits per heavy atom. The zero-order valence-electron chi connectivity index (χ0n) is 23.3. The van der Waals surface area contributed by atoms with E-state index in [4.69, 9.17) is 21.4 Å². The summed E-state index contributed by atoms with van der Waals surface area (Å²) in [6, 6.07) is 17.2. The number of sulfone groups is 1. The maximum absolute atomic E-state index is 13.7. The van der Waals surface area contributed by atoms with Crippen LogP contribution in [-0.4, -0.2) is 71.3 Å². The van der Waals surface area contributed by atoms with Crippen molar-refractivity contribution < 1.29 is 27.1 Å². The number of benzene rings is 3. The first-order chi connectivity index (χ1) is 19.8. The van der Waals surface area contributed by atoms with E-state index in [0.717, 1.165) is 0 Å². The highest BCUT2D eigenvalue weighted by Gasteiger charge is 2.32. The molecule has 4 aromatic rings. The van der Waals surface area contributed by atoms with Crippen LogP contribution in [0.2, 0.25) is 5.02 Å². The molecule has 1 aliphatic heterocycles. The first kappa shape index (κ1) is 29.5. The largest absolute Gasteiger partial charge is 0.444 e. The third kappa shape index (κ3) is 6.57. The summed E-state index contributed by atoms with van der Waals surface area (Å²) in [6.07, 6.45) is -0.643. The summed E-state index contributed by atoms with van der Waals surface area (Å²) in [6.45, 7) is 5.12. The van der Waals surface area contributed by atoms with Crippen LogP contribution in [0.4, 0.5) is 9.18 Å². The zero-order chi connectivity index (χ0) is 30.2. The molecule has 0 saturated carbocycles. The monoisotopic (exact) mass is 612 g/mol. The number of aromatic nitrogens is 2. The fraction of sp³-hybridized carbons (Fsp3) is 0.300. The minimum absolute atomic E-state index is 0.0215. The molecule has 0 radical (unpaired) electrons. The molecule has 12 heteroatoms. The summed E-state index contributed by atoms with van der Waals surface area (Å²) in [5.41, 5.74) is 1.89. The van der Waals surface area contributed by atoms with Crippen molar-refractivity contribution in [3.8, 4) is 16.9 Å². The second kappa shape index (κ2) is 11.4. The third-order valence-corrected chi connectivity index (χ3v) is 8.74. The summed E-state index contributed by atoms with van der Waals surface area (Å²) in [7, 11) is -3.54. The van der Waals surface area contributed by atoms with Gasteiger partial charge in [0.1, 0.15) is 17.1 Å². The molecular formula is C30H30ClFN4O5S. The van der Waals surface area contributed by atoms with Crippen LogP contribution in [0.25, 0.3) is 27.8 Å². The van der Waals surface area contributed by atoms with Gasteiger partial charge in [-0.1, -0.05) is 29.8 Å². The van der Waals surface area contributed by atoms with Gasteiger partial charge in [-0.05, 0) is 69.3 Å². The molecule has 2 amide bonds. The molecule has 1 N–H and O–H groups in total. The predicted octanol–water partition coefficient (Wildman–Crippen LogP) is 5.25. The van der Waals surface area contributed by atoms with E-state index in [0.29, 0.717) is 32.9 Å². The third-order valence-electron chi connectivity index (χ3n) is 6.70. The van der Waals surface area contributed by atoms with Crippen LogP contribution < -0.4 is 5.32 Å². The lowest BCUT2D eigenvalue weighted by atomic mass is 10.1. The smallest absolute Gasteiger partial charge is 0.410 e. The standard InChI is InChI=1S/C30H30ClFN4O5S/c1-30(2,3)41-29(38)35-14-15-42(39,40)18-21(17-35)33-28(37)19-8-13-24-26(16-19)36(22-11-9-20(32)10-12-22)34-27(24)23-6-4-5-7-25(23)31/h4-13,16,21H,14-15,17-18H2,1-3H3,(H,33,37). The van der Waals surface area contributed by atoms with Gasteiger partial charge in [0.25, 0.3) is 5.91 Å². The number of fused-ring (bicyclic) bond motifs is 1. The highest BCUT2D eigenvalue weighted by Crippen LogP contribution is 2.34. The fourth-order valence-electron chi connectivity index (χ4n) is 4.78. The molecule has 0 bridgehead atoms. The Morgan fingerprint density at radius 2 is 1.79 bits per heavy atom. The number of ether oxygens (including phenoxy) is 1. The van der Waals surface area contributed by atoms with E-state index >= 15 is 0 Å². The number of nitrogens with one attached hydrogen (secondary N) is 1. The van der Waals surface area contributed by atoms with Crippen molar-refractivity contribution >= 4 is 44.3 Å². The zero-order valence-corrected chi connectivity index (χ0v) is 24.9. The van der Waals surface area contributed by atoms with Crippen LogP contribution in [0.3, 0.4) is 0 Å². The molecule has 1 aliphatic rings. The molecule has 1 aromatic heterocycles. The van der Waals surface area contributed by atoms with Crippen LogP contribution in [0.1, 0.15) is 31.1 Å². The van der Waals surface area contributed by atoms with Crippen molar-refractivity contribution in [2.45, 2.75) is 32.4 Å². The van der Waals surface area contributed by atoms with Gasteiger partial charge in [0.05, 0.1) is 33.8 Å². The molecule has 1 unspecified atom stereocenters. The van der Waals surface area contributed by atoms with E-state index in [1.165, 1.54) is 17.0 Å². The number of carbonyl (C=O) groups is 2. The van der Waals surface area contributed by atoms with Gasteiger partial charge in [-0.3, -0.25) is 4.79 Å². The SMILES string of the molecule is CC(C)(C)OC(=O)N1CCS(=O)(=O)CC(NC(=O)c2ccc3c(-c4ccccc4Cl)nn(-c4ccc(F)cc4)c3c2)C1. The molecule has 42 heavy (non-hydrogen) atoms. The normalized spacial score (nSPS) is 17.1. The Hall–Kier alpha value is -3.96. The molecule has 0 spiro atoms. The van der Waals surface area contributed by atoms with Crippen LogP contribution in [0.15, 0.2) is 66.7 Å². The Balaban J connectivity index is 1.49. The number of rotatable bonds is 4. The van der Waals surface area contributed by atoms with Gasteiger partial charge >= 0.3 is 6.09 Å². The van der Waals surface area contributed by atoms with Gasteiger partial charge in [0.2, 0.25) is 0 Å². The first-order valence-corrected chi connectivity index (χ1v) is 15.5. The summed E-state index contributed by atoms with van der Waals surface area (Å²) in [5.74, 6) is -1.47. The van der Waals surface area contributed by atoms with Gasteiger partial charge in [-0.25, -0.2) is 22.3 Å². The van der Waals surface area contributed by atoms with E-state index in [1.807, 2.05) is 18.2 Å². The Morgan fingerprint density at radius 3 is 2.48 bits per heavy atom. The second-order valence-electron chi connectivity index (χ2n) is 11.2. The lowest BCUT2D eigenvalue weighted by Gasteiger charge is -2.28. The van der Waals surface area contributed by atoms with Crippen molar-refractivity contribution in [1.29, 1.82) is 0 Å².